The summed E-state index contributed by atoms with van der Waals surface area (Å²) in [5.41, 5.74) is 0.905. The predicted octanol–water partition coefficient (Wildman–Crippen LogP) is 1.93. The first-order valence-corrected chi connectivity index (χ1v) is 9.91. The SMILES string of the molecule is CCS(=O)(=O)N1CCC[C@H](C(=O)N[C@@H](C)c2ccccc2OC)C1. The van der Waals surface area contributed by atoms with E-state index in [1.165, 1.54) is 4.31 Å². The van der Waals surface area contributed by atoms with Gasteiger partial charge in [0.15, 0.2) is 0 Å². The summed E-state index contributed by atoms with van der Waals surface area (Å²) in [7, 11) is -1.65. The first kappa shape index (κ1) is 18.7. The Morgan fingerprint density at radius 3 is 2.79 bits per heavy atom. The van der Waals surface area contributed by atoms with Crippen molar-refractivity contribution < 1.29 is 17.9 Å². The number of carbonyl (C=O) groups is 1. The van der Waals surface area contributed by atoms with Gasteiger partial charge in [-0.1, -0.05) is 18.2 Å². The summed E-state index contributed by atoms with van der Waals surface area (Å²) in [6.07, 6.45) is 1.42. The first-order valence-electron chi connectivity index (χ1n) is 8.30. The summed E-state index contributed by atoms with van der Waals surface area (Å²) in [5.74, 6) is 0.379. The van der Waals surface area contributed by atoms with Crippen LogP contribution in [-0.4, -0.2) is 44.6 Å². The van der Waals surface area contributed by atoms with Crippen molar-refractivity contribution >= 4 is 15.9 Å². The maximum Gasteiger partial charge on any atom is 0.224 e. The first-order chi connectivity index (χ1) is 11.4. The van der Waals surface area contributed by atoms with Crippen LogP contribution in [0, 0.1) is 5.92 Å². The van der Waals surface area contributed by atoms with Crippen LogP contribution in [0.3, 0.4) is 0 Å². The van der Waals surface area contributed by atoms with E-state index in [2.05, 4.69) is 5.32 Å². The number of hydrogen-bond acceptors (Lipinski definition) is 4. The minimum atomic E-state index is -3.25. The summed E-state index contributed by atoms with van der Waals surface area (Å²) < 4.78 is 30.8. The minimum absolute atomic E-state index is 0.0684. The molecule has 1 fully saturated rings. The van der Waals surface area contributed by atoms with Gasteiger partial charge < -0.3 is 10.1 Å². The highest BCUT2D eigenvalue weighted by Crippen LogP contribution is 2.26. The number of carbonyl (C=O) groups excluding carboxylic acids is 1. The molecule has 2 atom stereocenters. The topological polar surface area (TPSA) is 75.7 Å². The van der Waals surface area contributed by atoms with Gasteiger partial charge in [-0.2, -0.15) is 0 Å². The molecule has 0 spiro atoms. The lowest BCUT2D eigenvalue weighted by atomic mass is 9.97. The largest absolute Gasteiger partial charge is 0.496 e. The van der Waals surface area contributed by atoms with E-state index in [9.17, 15) is 13.2 Å². The number of amides is 1. The molecule has 0 unspecified atom stereocenters. The Bertz CT molecular complexity index is 675. The fourth-order valence-electron chi connectivity index (χ4n) is 3.02. The molecule has 0 saturated carbocycles. The standard InChI is InChI=1S/C17H26N2O4S/c1-4-24(21,22)19-11-7-8-14(12-19)17(20)18-13(2)15-9-5-6-10-16(15)23-3/h5-6,9-10,13-14H,4,7-8,11-12H2,1-3H3,(H,18,20)/t13-,14-/m0/s1. The summed E-state index contributed by atoms with van der Waals surface area (Å²) in [4.78, 5) is 12.6. The Morgan fingerprint density at radius 2 is 2.12 bits per heavy atom. The lowest BCUT2D eigenvalue weighted by molar-refractivity contribution is -0.126. The summed E-state index contributed by atoms with van der Waals surface area (Å²) in [5, 5.41) is 2.99. The van der Waals surface area contributed by atoms with Crippen LogP contribution in [0.5, 0.6) is 5.75 Å². The van der Waals surface area contributed by atoms with Crippen LogP contribution in [0.15, 0.2) is 24.3 Å². The van der Waals surface area contributed by atoms with Crippen molar-refractivity contribution in [2.75, 3.05) is 26.0 Å². The maximum absolute atomic E-state index is 12.6. The van der Waals surface area contributed by atoms with Crippen LogP contribution in [0.25, 0.3) is 0 Å². The fraction of sp³-hybridized carbons (Fsp3) is 0.588. The van der Waals surface area contributed by atoms with Gasteiger partial charge in [0.05, 0.1) is 24.8 Å². The second-order valence-corrected chi connectivity index (χ2v) is 8.33. The molecule has 1 N–H and O–H groups in total. The third-order valence-electron chi connectivity index (χ3n) is 4.48. The van der Waals surface area contributed by atoms with Crippen LogP contribution >= 0.6 is 0 Å². The number of rotatable bonds is 6. The molecular formula is C17H26N2O4S. The van der Waals surface area contributed by atoms with Gasteiger partial charge >= 0.3 is 0 Å². The zero-order valence-electron chi connectivity index (χ0n) is 14.5. The number of sulfonamides is 1. The number of nitrogens with zero attached hydrogens (tertiary/aromatic N) is 1. The highest BCUT2D eigenvalue weighted by molar-refractivity contribution is 7.89. The molecule has 0 bridgehead atoms. The zero-order valence-corrected chi connectivity index (χ0v) is 15.3. The maximum atomic E-state index is 12.6. The van der Waals surface area contributed by atoms with Crippen molar-refractivity contribution in [3.63, 3.8) is 0 Å². The molecule has 1 aliphatic heterocycles. The highest BCUT2D eigenvalue weighted by Gasteiger charge is 2.32. The van der Waals surface area contributed by atoms with Crippen molar-refractivity contribution in [2.24, 2.45) is 5.92 Å². The van der Waals surface area contributed by atoms with E-state index in [4.69, 9.17) is 4.74 Å². The van der Waals surface area contributed by atoms with Crippen molar-refractivity contribution in [2.45, 2.75) is 32.7 Å². The molecule has 1 heterocycles. The fourth-order valence-corrected chi connectivity index (χ4v) is 4.20. The van der Waals surface area contributed by atoms with Crippen LogP contribution in [0.2, 0.25) is 0 Å². The Kier molecular flexibility index (Phi) is 6.23. The molecule has 0 aromatic heterocycles. The highest BCUT2D eigenvalue weighted by atomic mass is 32.2. The van der Waals surface area contributed by atoms with Gasteiger partial charge in [0.25, 0.3) is 0 Å². The second-order valence-electron chi connectivity index (χ2n) is 6.07. The van der Waals surface area contributed by atoms with Crippen LogP contribution in [0.1, 0.15) is 38.3 Å². The van der Waals surface area contributed by atoms with Gasteiger partial charge in [0.1, 0.15) is 5.75 Å². The molecule has 1 aliphatic rings. The lowest BCUT2D eigenvalue weighted by Gasteiger charge is -2.31. The molecule has 6 nitrogen and oxygen atoms in total. The van der Waals surface area contributed by atoms with Crippen LogP contribution in [0.4, 0.5) is 0 Å². The van der Waals surface area contributed by atoms with E-state index in [0.29, 0.717) is 19.4 Å². The number of methoxy groups -OCH3 is 1. The number of piperidine rings is 1. The minimum Gasteiger partial charge on any atom is -0.496 e. The molecule has 134 valence electrons. The molecule has 1 aromatic carbocycles. The third-order valence-corrected chi connectivity index (χ3v) is 6.33. The molecule has 1 saturated heterocycles. The van der Waals surface area contributed by atoms with Gasteiger partial charge in [-0.15, -0.1) is 0 Å². The Morgan fingerprint density at radius 1 is 1.42 bits per heavy atom. The number of benzene rings is 1. The van der Waals surface area contributed by atoms with E-state index in [1.807, 2.05) is 31.2 Å². The number of hydrogen-bond donors (Lipinski definition) is 1. The molecule has 0 radical (unpaired) electrons. The van der Waals surface area contributed by atoms with Crippen molar-refractivity contribution in [1.29, 1.82) is 0 Å². The quantitative estimate of drug-likeness (QED) is 0.847. The molecule has 1 aromatic rings. The van der Waals surface area contributed by atoms with Gasteiger partial charge in [-0.05, 0) is 32.8 Å². The zero-order chi connectivity index (χ0) is 17.7. The van der Waals surface area contributed by atoms with Crippen LogP contribution < -0.4 is 10.1 Å². The average Bonchev–Trinajstić information content (AvgIpc) is 2.61. The third kappa shape index (κ3) is 4.27. The Hall–Kier alpha value is -1.60. The molecule has 24 heavy (non-hydrogen) atoms. The summed E-state index contributed by atoms with van der Waals surface area (Å²) in [6.45, 7) is 4.30. The van der Waals surface area contributed by atoms with Gasteiger partial charge in [0, 0.05) is 18.7 Å². The monoisotopic (exact) mass is 354 g/mol. The van der Waals surface area contributed by atoms with Crippen molar-refractivity contribution in [3.05, 3.63) is 29.8 Å². The molecule has 2 rings (SSSR count). The molecule has 0 aliphatic carbocycles. The average molecular weight is 354 g/mol. The smallest absolute Gasteiger partial charge is 0.224 e. The van der Waals surface area contributed by atoms with Crippen molar-refractivity contribution in [3.8, 4) is 5.75 Å². The van der Waals surface area contributed by atoms with Gasteiger partial charge in [0.2, 0.25) is 15.9 Å². The van der Waals surface area contributed by atoms with Crippen molar-refractivity contribution in [1.82, 2.24) is 9.62 Å². The second kappa shape index (κ2) is 7.98. The van der Waals surface area contributed by atoms with Gasteiger partial charge in [-0.25, -0.2) is 12.7 Å². The lowest BCUT2D eigenvalue weighted by Crippen LogP contribution is -2.46. The normalized spacial score (nSPS) is 20.4. The van der Waals surface area contributed by atoms with E-state index < -0.39 is 10.0 Å². The molecule has 1 amide bonds. The molecular weight excluding hydrogens is 328 g/mol. The number of ether oxygens (including phenoxy) is 1. The van der Waals surface area contributed by atoms with Gasteiger partial charge in [-0.3, -0.25) is 4.79 Å². The number of nitrogens with one attached hydrogen (secondary N) is 1. The Balaban J connectivity index is 2.04. The summed E-state index contributed by atoms with van der Waals surface area (Å²) in [6, 6.07) is 7.35. The Labute approximate surface area is 144 Å². The van der Waals surface area contributed by atoms with Crippen LogP contribution in [-0.2, 0) is 14.8 Å². The van der Waals surface area contributed by atoms with E-state index in [-0.39, 0.29) is 30.2 Å². The molecule has 7 heteroatoms. The number of para-hydroxylation sites is 1. The van der Waals surface area contributed by atoms with E-state index >= 15 is 0 Å². The predicted molar refractivity (Wildman–Crippen MR) is 93.3 cm³/mol. The van der Waals surface area contributed by atoms with E-state index in [1.54, 1.807) is 14.0 Å². The summed E-state index contributed by atoms with van der Waals surface area (Å²) >= 11 is 0. The van der Waals surface area contributed by atoms with E-state index in [0.717, 1.165) is 11.3 Å².